The second kappa shape index (κ2) is 5.40. The lowest BCUT2D eigenvalue weighted by Crippen LogP contribution is -2.46. The van der Waals surface area contributed by atoms with E-state index in [1.54, 1.807) is 0 Å². The maximum absolute atomic E-state index is 12.5. The van der Waals surface area contributed by atoms with Gasteiger partial charge >= 0.3 is 0 Å². The van der Waals surface area contributed by atoms with Gasteiger partial charge in [-0.3, -0.25) is 9.89 Å². The normalized spacial score (nSPS) is 24.7. The zero-order valence-corrected chi connectivity index (χ0v) is 12.4. The number of H-pyrrole nitrogens is 1. The van der Waals surface area contributed by atoms with Gasteiger partial charge in [-0.25, -0.2) is 4.98 Å². The number of hydrogen-bond acceptors (Lipinski definition) is 4. The van der Waals surface area contributed by atoms with Gasteiger partial charge < -0.3 is 9.80 Å². The summed E-state index contributed by atoms with van der Waals surface area (Å²) in [6, 6.07) is 0.672. The van der Waals surface area contributed by atoms with Gasteiger partial charge in [-0.1, -0.05) is 0 Å². The molecule has 4 rings (SSSR count). The zero-order valence-electron chi connectivity index (χ0n) is 12.4. The molecule has 1 aliphatic carbocycles. The summed E-state index contributed by atoms with van der Waals surface area (Å²) >= 11 is 0. The molecule has 0 radical (unpaired) electrons. The highest BCUT2D eigenvalue weighted by atomic mass is 16.2. The van der Waals surface area contributed by atoms with Crippen molar-refractivity contribution < 1.29 is 4.79 Å². The van der Waals surface area contributed by atoms with Crippen molar-refractivity contribution in [2.45, 2.75) is 50.5 Å². The van der Waals surface area contributed by atoms with Crippen LogP contribution < -0.4 is 0 Å². The van der Waals surface area contributed by atoms with Crippen molar-refractivity contribution in [3.63, 3.8) is 0 Å². The van der Waals surface area contributed by atoms with E-state index in [1.807, 2.05) is 4.90 Å². The fraction of sp³-hybridized carbons (Fsp3) is 0.800. The molecule has 1 aromatic heterocycles. The maximum atomic E-state index is 12.5. The number of aromatic amines is 1. The maximum Gasteiger partial charge on any atom is 0.293 e. The van der Waals surface area contributed by atoms with E-state index in [4.69, 9.17) is 0 Å². The Balaban J connectivity index is 1.35. The van der Waals surface area contributed by atoms with Gasteiger partial charge in [0.25, 0.3) is 5.91 Å². The van der Waals surface area contributed by atoms with Crippen LogP contribution in [0.2, 0.25) is 0 Å². The fourth-order valence-electron chi connectivity index (χ4n) is 3.59. The third-order valence-electron chi connectivity index (χ3n) is 5.07. The summed E-state index contributed by atoms with van der Waals surface area (Å²) in [7, 11) is 0. The van der Waals surface area contributed by atoms with Crippen LogP contribution in [0.4, 0.5) is 0 Å². The van der Waals surface area contributed by atoms with Gasteiger partial charge in [0.15, 0.2) is 0 Å². The minimum absolute atomic E-state index is 0.00183. The molecular formula is C15H23N5O. The molecule has 6 nitrogen and oxygen atoms in total. The van der Waals surface area contributed by atoms with Crippen LogP contribution in [0, 0.1) is 0 Å². The van der Waals surface area contributed by atoms with Gasteiger partial charge in [-0.05, 0) is 51.6 Å². The van der Waals surface area contributed by atoms with Gasteiger partial charge in [-0.2, -0.15) is 0 Å². The average Bonchev–Trinajstić information content (AvgIpc) is 3.05. The van der Waals surface area contributed by atoms with E-state index in [-0.39, 0.29) is 5.91 Å². The molecule has 0 unspecified atom stereocenters. The largest absolute Gasteiger partial charge is 0.336 e. The number of rotatable bonds is 3. The molecule has 1 aromatic rings. The van der Waals surface area contributed by atoms with Crippen LogP contribution in [-0.2, 0) is 0 Å². The molecule has 6 heteroatoms. The van der Waals surface area contributed by atoms with Crippen LogP contribution in [0.15, 0.2) is 0 Å². The lowest BCUT2D eigenvalue weighted by molar-refractivity contribution is 0.0633. The first-order valence-electron chi connectivity index (χ1n) is 8.27. The first-order valence-corrected chi connectivity index (χ1v) is 8.27. The molecule has 0 atom stereocenters. The van der Waals surface area contributed by atoms with Crippen LogP contribution in [0.5, 0.6) is 0 Å². The van der Waals surface area contributed by atoms with Gasteiger partial charge in [0.1, 0.15) is 5.82 Å². The molecule has 1 saturated carbocycles. The first-order chi connectivity index (χ1) is 10.3. The van der Waals surface area contributed by atoms with Crippen molar-refractivity contribution in [2.24, 2.45) is 0 Å². The molecule has 21 heavy (non-hydrogen) atoms. The van der Waals surface area contributed by atoms with E-state index in [0.717, 1.165) is 31.8 Å². The highest BCUT2D eigenvalue weighted by Crippen LogP contribution is 2.37. The number of carbonyl (C=O) groups excluding carboxylic acids is 1. The van der Waals surface area contributed by atoms with Crippen LogP contribution in [0.25, 0.3) is 0 Å². The quantitative estimate of drug-likeness (QED) is 0.913. The standard InChI is InChI=1S/C15H23N5O/c21-15(14-16-13(17-18-14)11-3-4-11)20-9-5-12(6-10-20)19-7-1-2-8-19/h11-12H,1-10H2,(H,16,17,18). The lowest BCUT2D eigenvalue weighted by Gasteiger charge is -2.36. The Labute approximate surface area is 124 Å². The smallest absolute Gasteiger partial charge is 0.293 e. The Morgan fingerprint density at radius 3 is 2.43 bits per heavy atom. The van der Waals surface area contributed by atoms with E-state index < -0.39 is 0 Å². The van der Waals surface area contributed by atoms with Crippen molar-refractivity contribution in [3.05, 3.63) is 11.6 Å². The summed E-state index contributed by atoms with van der Waals surface area (Å²) in [5.41, 5.74) is 0. The number of hydrogen-bond donors (Lipinski definition) is 1. The summed E-state index contributed by atoms with van der Waals surface area (Å²) in [6.07, 6.45) is 7.19. The SMILES string of the molecule is O=C(c1n[nH]c(C2CC2)n1)N1CCC(N2CCCC2)CC1. The Morgan fingerprint density at radius 2 is 1.76 bits per heavy atom. The number of carbonyl (C=O) groups is 1. The molecule has 2 aliphatic heterocycles. The van der Waals surface area contributed by atoms with Crippen molar-refractivity contribution in [1.82, 2.24) is 25.0 Å². The van der Waals surface area contributed by atoms with E-state index in [0.29, 0.717) is 17.8 Å². The summed E-state index contributed by atoms with van der Waals surface area (Å²) in [4.78, 5) is 21.3. The Morgan fingerprint density at radius 1 is 1.05 bits per heavy atom. The number of aromatic nitrogens is 3. The minimum atomic E-state index is -0.00183. The highest BCUT2D eigenvalue weighted by Gasteiger charge is 2.32. The number of amides is 1. The highest BCUT2D eigenvalue weighted by molar-refractivity contribution is 5.90. The predicted molar refractivity (Wildman–Crippen MR) is 78.1 cm³/mol. The van der Waals surface area contributed by atoms with E-state index in [2.05, 4.69) is 20.1 Å². The molecule has 1 amide bonds. The molecule has 2 saturated heterocycles. The van der Waals surface area contributed by atoms with Gasteiger partial charge in [0, 0.05) is 25.0 Å². The molecule has 0 bridgehead atoms. The molecule has 1 N–H and O–H groups in total. The van der Waals surface area contributed by atoms with Crippen LogP contribution in [-0.4, -0.2) is 63.1 Å². The van der Waals surface area contributed by atoms with Crippen molar-refractivity contribution >= 4 is 5.91 Å². The van der Waals surface area contributed by atoms with Crippen molar-refractivity contribution in [3.8, 4) is 0 Å². The number of likely N-dealkylation sites (tertiary alicyclic amines) is 2. The molecule has 114 valence electrons. The average molecular weight is 289 g/mol. The van der Waals surface area contributed by atoms with Crippen molar-refractivity contribution in [2.75, 3.05) is 26.2 Å². The van der Waals surface area contributed by atoms with Gasteiger partial charge in [0.2, 0.25) is 5.82 Å². The van der Waals surface area contributed by atoms with E-state index in [1.165, 1.54) is 38.8 Å². The number of nitrogens with zero attached hydrogens (tertiary/aromatic N) is 4. The zero-order chi connectivity index (χ0) is 14.2. The van der Waals surface area contributed by atoms with Crippen LogP contribution in [0.1, 0.15) is 60.9 Å². The summed E-state index contributed by atoms with van der Waals surface area (Å²) in [5, 5.41) is 7.04. The lowest BCUT2D eigenvalue weighted by atomic mass is 10.0. The third kappa shape index (κ3) is 2.69. The van der Waals surface area contributed by atoms with E-state index in [9.17, 15) is 4.79 Å². The molecular weight excluding hydrogens is 266 g/mol. The Hall–Kier alpha value is -1.43. The number of nitrogens with one attached hydrogen (secondary N) is 1. The fourth-order valence-corrected chi connectivity index (χ4v) is 3.59. The first kappa shape index (κ1) is 13.2. The summed E-state index contributed by atoms with van der Waals surface area (Å²) in [6.45, 7) is 4.16. The third-order valence-corrected chi connectivity index (χ3v) is 5.07. The van der Waals surface area contributed by atoms with Crippen molar-refractivity contribution in [1.29, 1.82) is 0 Å². The minimum Gasteiger partial charge on any atom is -0.336 e. The second-order valence-corrected chi connectivity index (χ2v) is 6.58. The molecule has 3 fully saturated rings. The Kier molecular flexibility index (Phi) is 3.41. The number of piperidine rings is 1. The second-order valence-electron chi connectivity index (χ2n) is 6.58. The monoisotopic (exact) mass is 289 g/mol. The van der Waals surface area contributed by atoms with Gasteiger partial charge in [0.05, 0.1) is 0 Å². The predicted octanol–water partition coefficient (Wildman–Crippen LogP) is 1.38. The molecule has 0 spiro atoms. The van der Waals surface area contributed by atoms with Gasteiger partial charge in [-0.15, -0.1) is 5.10 Å². The Bertz CT molecular complexity index is 510. The molecule has 0 aromatic carbocycles. The molecule has 3 aliphatic rings. The topological polar surface area (TPSA) is 65.1 Å². The summed E-state index contributed by atoms with van der Waals surface area (Å²) < 4.78 is 0. The summed E-state index contributed by atoms with van der Waals surface area (Å²) in [5.74, 6) is 1.76. The molecule has 3 heterocycles. The van der Waals surface area contributed by atoms with Crippen LogP contribution >= 0.6 is 0 Å². The van der Waals surface area contributed by atoms with Crippen LogP contribution in [0.3, 0.4) is 0 Å². The van der Waals surface area contributed by atoms with E-state index >= 15 is 0 Å².